The van der Waals surface area contributed by atoms with Gasteiger partial charge in [-0.15, -0.1) is 0 Å². The molecule has 1 N–H and O–H groups in total. The van der Waals surface area contributed by atoms with Gasteiger partial charge in [-0.25, -0.2) is 0 Å². The minimum Gasteiger partial charge on any atom is -0.374 e. The Bertz CT molecular complexity index is 211. The Morgan fingerprint density at radius 2 is 1.30 bits per heavy atom. The number of amidine groups is 1. The van der Waals surface area contributed by atoms with Gasteiger partial charge in [0.15, 0.2) is 0 Å². The van der Waals surface area contributed by atoms with Crippen LogP contribution in [0, 0.1) is 0 Å². The number of hydrogen-bond donors (Lipinski definition) is 1. The van der Waals surface area contributed by atoms with Crippen molar-refractivity contribution >= 4 is 5.84 Å². The molecule has 0 heterocycles. The van der Waals surface area contributed by atoms with Crippen molar-refractivity contribution in [3.05, 3.63) is 0 Å². The maximum atomic E-state index is 4.78. The first-order chi connectivity index (χ1) is 9.85. The number of unbranched alkanes of at least 4 members (excludes halogenated alkanes) is 8. The zero-order valence-electron chi connectivity index (χ0n) is 14.3. The van der Waals surface area contributed by atoms with Crippen molar-refractivity contribution in [3.8, 4) is 0 Å². The van der Waals surface area contributed by atoms with Crippen molar-refractivity contribution < 1.29 is 0 Å². The second-order valence-electron chi connectivity index (χ2n) is 5.83. The third-order valence-corrected chi connectivity index (χ3v) is 3.69. The van der Waals surface area contributed by atoms with E-state index in [-0.39, 0.29) is 0 Å². The molecule has 0 bridgehead atoms. The van der Waals surface area contributed by atoms with E-state index in [9.17, 15) is 0 Å². The molecule has 0 amide bonds. The Labute approximate surface area is 127 Å². The summed E-state index contributed by atoms with van der Waals surface area (Å²) in [6.07, 6.45) is 15.6. The number of nitrogens with one attached hydrogen (secondary N) is 1. The van der Waals surface area contributed by atoms with Crippen LogP contribution in [0.5, 0.6) is 0 Å². The minimum absolute atomic E-state index is 1.01. The molecule has 0 radical (unpaired) electrons. The summed E-state index contributed by atoms with van der Waals surface area (Å²) in [5, 5.41) is 3.57. The fourth-order valence-electron chi connectivity index (χ4n) is 2.30. The molecule has 0 unspecified atom stereocenters. The van der Waals surface area contributed by atoms with Gasteiger partial charge >= 0.3 is 0 Å². The predicted molar refractivity (Wildman–Crippen MR) is 92.7 cm³/mol. The van der Waals surface area contributed by atoms with Crippen LogP contribution in [0.25, 0.3) is 0 Å². The zero-order chi connectivity index (χ0) is 14.9. The lowest BCUT2D eigenvalue weighted by molar-refractivity contribution is 0.632. The maximum absolute atomic E-state index is 4.78. The first kappa shape index (κ1) is 19.5. The first-order valence-electron chi connectivity index (χ1n) is 9.12. The fraction of sp³-hybridized carbons (Fsp3) is 0.944. The SMILES string of the molecule is CCCCCCCC(=NCCCCC)NCCCCC. The molecule has 0 saturated carbocycles. The molecule has 0 aliphatic heterocycles. The lowest BCUT2D eigenvalue weighted by Crippen LogP contribution is -2.25. The highest BCUT2D eigenvalue weighted by atomic mass is 15.0. The van der Waals surface area contributed by atoms with Crippen molar-refractivity contribution in [2.24, 2.45) is 4.99 Å². The largest absolute Gasteiger partial charge is 0.374 e. The lowest BCUT2D eigenvalue weighted by atomic mass is 10.1. The average molecular weight is 283 g/mol. The van der Waals surface area contributed by atoms with Crippen LogP contribution >= 0.6 is 0 Å². The molecule has 120 valence electrons. The van der Waals surface area contributed by atoms with Gasteiger partial charge in [-0.1, -0.05) is 72.1 Å². The van der Waals surface area contributed by atoms with Crippen molar-refractivity contribution in [3.63, 3.8) is 0 Å². The van der Waals surface area contributed by atoms with Crippen molar-refractivity contribution in [1.82, 2.24) is 5.32 Å². The van der Waals surface area contributed by atoms with Crippen LogP contribution in [0.15, 0.2) is 4.99 Å². The summed E-state index contributed by atoms with van der Waals surface area (Å²) in [7, 11) is 0. The minimum atomic E-state index is 1.01. The summed E-state index contributed by atoms with van der Waals surface area (Å²) >= 11 is 0. The van der Waals surface area contributed by atoms with Crippen LogP contribution in [-0.4, -0.2) is 18.9 Å². The highest BCUT2D eigenvalue weighted by molar-refractivity contribution is 5.82. The third-order valence-electron chi connectivity index (χ3n) is 3.69. The molecule has 20 heavy (non-hydrogen) atoms. The molecule has 0 atom stereocenters. The van der Waals surface area contributed by atoms with Crippen LogP contribution in [0.3, 0.4) is 0 Å². The second kappa shape index (κ2) is 16.5. The summed E-state index contributed by atoms with van der Waals surface area (Å²) in [5.41, 5.74) is 0. The van der Waals surface area contributed by atoms with Gasteiger partial charge in [0.25, 0.3) is 0 Å². The van der Waals surface area contributed by atoms with Crippen LogP contribution in [0.1, 0.15) is 97.8 Å². The van der Waals surface area contributed by atoms with Gasteiger partial charge < -0.3 is 5.32 Å². The van der Waals surface area contributed by atoms with E-state index in [0.29, 0.717) is 0 Å². The Balaban J connectivity index is 3.84. The summed E-state index contributed by atoms with van der Waals surface area (Å²) in [5.74, 6) is 1.27. The van der Waals surface area contributed by atoms with E-state index in [2.05, 4.69) is 26.1 Å². The molecule has 0 fully saturated rings. The molecule has 0 aromatic carbocycles. The molecule has 2 nitrogen and oxygen atoms in total. The molecule has 0 aliphatic carbocycles. The Morgan fingerprint density at radius 3 is 2.00 bits per heavy atom. The van der Waals surface area contributed by atoms with Crippen LogP contribution in [-0.2, 0) is 0 Å². The third kappa shape index (κ3) is 13.9. The highest BCUT2D eigenvalue weighted by Gasteiger charge is 1.99. The molecule has 0 rings (SSSR count). The highest BCUT2D eigenvalue weighted by Crippen LogP contribution is 2.06. The average Bonchev–Trinajstić information content (AvgIpc) is 2.47. The molecule has 0 aromatic heterocycles. The molecule has 2 heteroatoms. The van der Waals surface area contributed by atoms with E-state index in [0.717, 1.165) is 19.5 Å². The molecule has 0 aliphatic rings. The van der Waals surface area contributed by atoms with Crippen molar-refractivity contribution in [2.75, 3.05) is 13.1 Å². The topological polar surface area (TPSA) is 24.4 Å². The summed E-state index contributed by atoms with van der Waals surface area (Å²) in [4.78, 5) is 4.78. The number of nitrogens with zero attached hydrogens (tertiary/aromatic N) is 1. The Kier molecular flexibility index (Phi) is 16.1. The first-order valence-corrected chi connectivity index (χ1v) is 9.12. The molecule has 0 spiro atoms. The summed E-state index contributed by atoms with van der Waals surface area (Å²) in [6.45, 7) is 8.90. The van der Waals surface area contributed by atoms with E-state index in [1.54, 1.807) is 0 Å². The summed E-state index contributed by atoms with van der Waals surface area (Å²) in [6, 6.07) is 0. The quantitative estimate of drug-likeness (QED) is 0.246. The van der Waals surface area contributed by atoms with Gasteiger partial charge in [0.1, 0.15) is 0 Å². The van der Waals surface area contributed by atoms with Crippen LogP contribution < -0.4 is 5.32 Å². The van der Waals surface area contributed by atoms with Crippen LogP contribution in [0.4, 0.5) is 0 Å². The standard InChI is InChI=1S/C18H38N2/c1-4-7-10-11-12-15-18(19-16-13-8-5-2)20-17-14-9-6-3/h4-17H2,1-3H3,(H,19,20). The van der Waals surface area contributed by atoms with Gasteiger partial charge in [-0.05, 0) is 19.3 Å². The van der Waals surface area contributed by atoms with E-state index in [1.165, 1.54) is 76.5 Å². The maximum Gasteiger partial charge on any atom is 0.0963 e. The normalized spacial score (nSPS) is 11.8. The Morgan fingerprint density at radius 1 is 0.700 bits per heavy atom. The fourth-order valence-corrected chi connectivity index (χ4v) is 2.30. The van der Waals surface area contributed by atoms with Crippen molar-refractivity contribution in [1.29, 1.82) is 0 Å². The number of aliphatic imine (C=N–C) groups is 1. The Hall–Kier alpha value is -0.530. The van der Waals surface area contributed by atoms with Crippen molar-refractivity contribution in [2.45, 2.75) is 97.8 Å². The molecular weight excluding hydrogens is 244 g/mol. The molecule has 0 aromatic rings. The summed E-state index contributed by atoms with van der Waals surface area (Å²) < 4.78 is 0. The van der Waals surface area contributed by atoms with E-state index in [1.807, 2.05) is 0 Å². The van der Waals surface area contributed by atoms with Gasteiger partial charge in [-0.3, -0.25) is 4.99 Å². The number of hydrogen-bond acceptors (Lipinski definition) is 1. The molecular formula is C18H38N2. The number of rotatable bonds is 14. The van der Waals surface area contributed by atoms with Gasteiger partial charge in [0.05, 0.1) is 5.84 Å². The second-order valence-corrected chi connectivity index (χ2v) is 5.83. The van der Waals surface area contributed by atoms with Gasteiger partial charge in [0, 0.05) is 19.5 Å². The van der Waals surface area contributed by atoms with E-state index in [4.69, 9.17) is 4.99 Å². The smallest absolute Gasteiger partial charge is 0.0963 e. The monoisotopic (exact) mass is 282 g/mol. The predicted octanol–water partition coefficient (Wildman–Crippen LogP) is 5.72. The van der Waals surface area contributed by atoms with E-state index >= 15 is 0 Å². The zero-order valence-corrected chi connectivity index (χ0v) is 14.3. The van der Waals surface area contributed by atoms with Crippen LogP contribution in [0.2, 0.25) is 0 Å². The lowest BCUT2D eigenvalue weighted by Gasteiger charge is -2.10. The van der Waals surface area contributed by atoms with Gasteiger partial charge in [-0.2, -0.15) is 0 Å². The van der Waals surface area contributed by atoms with E-state index < -0.39 is 0 Å². The molecule has 0 saturated heterocycles. The van der Waals surface area contributed by atoms with Gasteiger partial charge in [0.2, 0.25) is 0 Å².